The number of nitrogens with one attached hydrogen (secondary N) is 1. The molecule has 1 aromatic carbocycles. The molecule has 1 aliphatic rings. The van der Waals surface area contributed by atoms with Crippen LogP contribution in [-0.2, 0) is 26.3 Å². The summed E-state index contributed by atoms with van der Waals surface area (Å²) in [6, 6.07) is 11.2. The normalized spacial score (nSPS) is 18.7. The van der Waals surface area contributed by atoms with Crippen molar-refractivity contribution in [3.05, 3.63) is 54.3 Å². The Morgan fingerprint density at radius 1 is 1.24 bits per heavy atom. The van der Waals surface area contributed by atoms with Crippen LogP contribution in [-0.4, -0.2) is 38.1 Å². The summed E-state index contributed by atoms with van der Waals surface area (Å²) in [5.74, 6) is 0.653. The number of sulfone groups is 1. The lowest BCUT2D eigenvalue weighted by molar-refractivity contribution is 0.504. The van der Waals surface area contributed by atoms with Crippen LogP contribution in [0.5, 0.6) is 0 Å². The quantitative estimate of drug-likeness (QED) is 0.637. The summed E-state index contributed by atoms with van der Waals surface area (Å²) in [6.07, 6.45) is 2.68. The second-order valence-electron chi connectivity index (χ2n) is 7.00. The first-order valence-corrected chi connectivity index (χ1v) is 12.5. The van der Waals surface area contributed by atoms with Crippen molar-refractivity contribution >= 4 is 25.7 Å². The number of nitrogens with zero attached hydrogens (tertiary/aromatic N) is 2. The van der Waals surface area contributed by atoms with E-state index in [-0.39, 0.29) is 22.2 Å². The average Bonchev–Trinajstić information content (AvgIpc) is 3.41. The maximum absolute atomic E-state index is 12.9. The number of sulfonamides is 1. The van der Waals surface area contributed by atoms with Gasteiger partial charge in [-0.1, -0.05) is 19.1 Å². The number of aromatic nitrogens is 2. The van der Waals surface area contributed by atoms with Crippen molar-refractivity contribution < 1.29 is 21.3 Å². The van der Waals surface area contributed by atoms with Gasteiger partial charge in [-0.2, -0.15) is 5.10 Å². The van der Waals surface area contributed by atoms with E-state index in [1.54, 1.807) is 42.5 Å². The predicted molar refractivity (Wildman–Crippen MR) is 109 cm³/mol. The van der Waals surface area contributed by atoms with Crippen molar-refractivity contribution in [1.29, 1.82) is 0 Å². The lowest BCUT2D eigenvalue weighted by Gasteiger charge is -2.14. The van der Waals surface area contributed by atoms with E-state index >= 15 is 0 Å². The van der Waals surface area contributed by atoms with Crippen LogP contribution in [0.2, 0.25) is 0 Å². The third-order valence-electron chi connectivity index (χ3n) is 4.94. The number of hydrogen-bond acceptors (Lipinski definition) is 6. The second-order valence-corrected chi connectivity index (χ2v) is 10.9. The molecule has 1 unspecified atom stereocenters. The van der Waals surface area contributed by atoms with Crippen molar-refractivity contribution in [2.75, 3.05) is 16.2 Å². The Kier molecular flexibility index (Phi) is 4.99. The van der Waals surface area contributed by atoms with Gasteiger partial charge in [0, 0.05) is 6.07 Å². The van der Waals surface area contributed by atoms with E-state index in [0.717, 1.165) is 12.0 Å². The molecule has 1 N–H and O–H groups in total. The van der Waals surface area contributed by atoms with Gasteiger partial charge in [0.2, 0.25) is 0 Å². The highest BCUT2D eigenvalue weighted by atomic mass is 32.2. The number of furan rings is 1. The SMILES string of the molecule is CCc1ccc(S(=O)(=O)Nc2cc(-c3ccco3)nn2C2CCS(=O)(=O)C2)cc1. The third-order valence-corrected chi connectivity index (χ3v) is 8.07. The van der Waals surface area contributed by atoms with Crippen LogP contribution in [0.25, 0.3) is 11.5 Å². The molecule has 0 spiro atoms. The molecule has 0 bridgehead atoms. The number of anilines is 1. The minimum Gasteiger partial charge on any atom is -0.463 e. The summed E-state index contributed by atoms with van der Waals surface area (Å²) >= 11 is 0. The van der Waals surface area contributed by atoms with Gasteiger partial charge in [-0.15, -0.1) is 0 Å². The highest BCUT2D eigenvalue weighted by Crippen LogP contribution is 2.31. The van der Waals surface area contributed by atoms with Crippen LogP contribution in [0, 0.1) is 0 Å². The Hall–Kier alpha value is -2.59. The standard InChI is InChI=1S/C19H21N3O5S2/c1-2-14-5-7-16(8-6-14)29(25,26)21-19-12-17(18-4-3-10-27-18)20-22(19)15-9-11-28(23,24)13-15/h3-8,10,12,15,21H,2,9,11,13H2,1H3. The van der Waals surface area contributed by atoms with E-state index in [0.29, 0.717) is 17.9 Å². The summed E-state index contributed by atoms with van der Waals surface area (Å²) < 4.78 is 59.0. The van der Waals surface area contributed by atoms with Crippen LogP contribution >= 0.6 is 0 Å². The predicted octanol–water partition coefficient (Wildman–Crippen LogP) is 2.87. The van der Waals surface area contributed by atoms with E-state index in [1.807, 2.05) is 6.92 Å². The van der Waals surface area contributed by atoms with E-state index in [1.165, 1.54) is 10.9 Å². The molecule has 0 aliphatic carbocycles. The van der Waals surface area contributed by atoms with Crippen LogP contribution in [0.3, 0.4) is 0 Å². The van der Waals surface area contributed by atoms with E-state index < -0.39 is 25.9 Å². The first-order valence-electron chi connectivity index (χ1n) is 9.23. The topological polar surface area (TPSA) is 111 Å². The molecule has 0 radical (unpaired) electrons. The Morgan fingerprint density at radius 2 is 2.00 bits per heavy atom. The van der Waals surface area contributed by atoms with Gasteiger partial charge in [-0.05, 0) is 42.7 Å². The zero-order valence-electron chi connectivity index (χ0n) is 15.8. The lowest BCUT2D eigenvalue weighted by atomic mass is 10.2. The molecule has 10 heteroatoms. The molecule has 3 aromatic rings. The fraction of sp³-hybridized carbons (Fsp3) is 0.316. The van der Waals surface area contributed by atoms with E-state index in [4.69, 9.17) is 4.42 Å². The minimum absolute atomic E-state index is 0.0539. The molecule has 4 rings (SSSR count). The van der Waals surface area contributed by atoms with Crippen LogP contribution < -0.4 is 4.72 Å². The van der Waals surface area contributed by atoms with Crippen LogP contribution in [0.15, 0.2) is 58.0 Å². The fourth-order valence-electron chi connectivity index (χ4n) is 3.36. The first-order chi connectivity index (χ1) is 13.8. The van der Waals surface area contributed by atoms with Crippen molar-refractivity contribution in [1.82, 2.24) is 9.78 Å². The zero-order chi connectivity index (χ0) is 20.6. The third kappa shape index (κ3) is 4.08. The van der Waals surface area contributed by atoms with E-state index in [9.17, 15) is 16.8 Å². The van der Waals surface area contributed by atoms with Crippen molar-refractivity contribution in [2.24, 2.45) is 0 Å². The Balaban J connectivity index is 1.71. The van der Waals surface area contributed by atoms with E-state index in [2.05, 4.69) is 9.82 Å². The van der Waals surface area contributed by atoms with Crippen LogP contribution in [0.4, 0.5) is 5.82 Å². The largest absolute Gasteiger partial charge is 0.463 e. The number of aryl methyl sites for hydroxylation is 1. The van der Waals surface area contributed by atoms with Gasteiger partial charge >= 0.3 is 0 Å². The smallest absolute Gasteiger partial charge is 0.263 e. The summed E-state index contributed by atoms with van der Waals surface area (Å²) in [5.41, 5.74) is 1.46. The van der Waals surface area contributed by atoms with Gasteiger partial charge in [0.25, 0.3) is 10.0 Å². The first kappa shape index (κ1) is 19.7. The maximum atomic E-state index is 12.9. The summed E-state index contributed by atoms with van der Waals surface area (Å²) in [6.45, 7) is 1.99. The van der Waals surface area contributed by atoms with Gasteiger partial charge < -0.3 is 4.42 Å². The van der Waals surface area contributed by atoms with Gasteiger partial charge in [0.15, 0.2) is 15.6 Å². The second kappa shape index (κ2) is 7.34. The molecule has 3 heterocycles. The molecule has 1 atom stereocenters. The Labute approximate surface area is 169 Å². The van der Waals surface area contributed by atoms with Crippen molar-refractivity contribution in [3.8, 4) is 11.5 Å². The van der Waals surface area contributed by atoms with Crippen molar-refractivity contribution in [3.63, 3.8) is 0 Å². The monoisotopic (exact) mass is 435 g/mol. The number of rotatable bonds is 6. The minimum atomic E-state index is -3.87. The van der Waals surface area contributed by atoms with Crippen molar-refractivity contribution in [2.45, 2.75) is 30.7 Å². The molecule has 0 saturated carbocycles. The highest BCUT2D eigenvalue weighted by molar-refractivity contribution is 7.92. The zero-order valence-corrected chi connectivity index (χ0v) is 17.4. The van der Waals surface area contributed by atoms with Gasteiger partial charge in [-0.3, -0.25) is 4.72 Å². The molecule has 1 fully saturated rings. The fourth-order valence-corrected chi connectivity index (χ4v) is 6.09. The number of hydrogen-bond donors (Lipinski definition) is 1. The molecular formula is C19H21N3O5S2. The highest BCUT2D eigenvalue weighted by Gasteiger charge is 2.32. The van der Waals surface area contributed by atoms with Crippen LogP contribution in [0.1, 0.15) is 24.9 Å². The summed E-state index contributed by atoms with van der Waals surface area (Å²) in [7, 11) is -7.04. The molecular weight excluding hydrogens is 414 g/mol. The molecule has 29 heavy (non-hydrogen) atoms. The lowest BCUT2D eigenvalue weighted by Crippen LogP contribution is -2.20. The molecule has 1 aliphatic heterocycles. The summed E-state index contributed by atoms with van der Waals surface area (Å²) in [5, 5.41) is 4.44. The molecule has 2 aromatic heterocycles. The Bertz CT molecular complexity index is 1210. The number of benzene rings is 1. The Morgan fingerprint density at radius 3 is 2.59 bits per heavy atom. The molecule has 1 saturated heterocycles. The average molecular weight is 436 g/mol. The van der Waals surface area contributed by atoms with Gasteiger partial charge in [0.1, 0.15) is 11.5 Å². The molecule has 8 nitrogen and oxygen atoms in total. The maximum Gasteiger partial charge on any atom is 0.263 e. The molecule has 154 valence electrons. The summed E-state index contributed by atoms with van der Waals surface area (Å²) in [4.78, 5) is 0.126. The van der Waals surface area contributed by atoms with Gasteiger partial charge in [0.05, 0.1) is 28.7 Å². The van der Waals surface area contributed by atoms with Gasteiger partial charge in [-0.25, -0.2) is 21.5 Å². The molecule has 0 amide bonds.